The zero-order valence-corrected chi connectivity index (χ0v) is 19.9. The van der Waals surface area contributed by atoms with Crippen molar-refractivity contribution >= 4 is 18.0 Å². The summed E-state index contributed by atoms with van der Waals surface area (Å²) in [5, 5.41) is 21.0. The van der Waals surface area contributed by atoms with Gasteiger partial charge in [0.2, 0.25) is 0 Å². The molecule has 2 aromatic rings. The normalized spacial score (nSPS) is 12.7. The molecule has 2 rings (SSSR count). The lowest BCUT2D eigenvalue weighted by Crippen LogP contribution is -2.16. The topological polar surface area (TPSA) is 130 Å². The lowest BCUT2D eigenvalue weighted by atomic mass is 10.00. The van der Waals surface area contributed by atoms with Gasteiger partial charge in [0.15, 0.2) is 5.78 Å². The van der Waals surface area contributed by atoms with E-state index < -0.39 is 28.8 Å². The van der Waals surface area contributed by atoms with Crippen LogP contribution in [0.4, 0.5) is 4.79 Å². The van der Waals surface area contributed by atoms with Crippen molar-refractivity contribution in [3.05, 3.63) is 69.3 Å². The number of nitrogens with one attached hydrogen (secondary N) is 1. The maximum atomic E-state index is 12.8. The Hall–Kier alpha value is -3.55. The number of allylic oxidation sites excluding steroid dienone is 2. The Morgan fingerprint density at radius 2 is 1.94 bits per heavy atom. The summed E-state index contributed by atoms with van der Waals surface area (Å²) in [5.41, 5.74) is -1.08. The largest absolute Gasteiger partial charge is 0.507 e. The van der Waals surface area contributed by atoms with Crippen molar-refractivity contribution in [3.8, 4) is 5.75 Å². The number of aryl methyl sites for hydroxylation is 1. The second kappa shape index (κ2) is 13.2. The highest BCUT2D eigenvalue weighted by atomic mass is 16.4. The zero-order chi connectivity index (χ0) is 25.1. The van der Waals surface area contributed by atoms with Crippen molar-refractivity contribution in [2.45, 2.75) is 71.6 Å². The quantitative estimate of drug-likeness (QED) is 0.185. The van der Waals surface area contributed by atoms with Crippen molar-refractivity contribution in [1.29, 1.82) is 0 Å². The Labute approximate surface area is 199 Å². The molecule has 1 amide bonds. The molecule has 0 saturated carbocycles. The summed E-state index contributed by atoms with van der Waals surface area (Å²) in [6.45, 7) is 5.52. The maximum absolute atomic E-state index is 12.8. The van der Waals surface area contributed by atoms with E-state index in [9.17, 15) is 19.5 Å². The minimum absolute atomic E-state index is 0.229. The molecule has 0 saturated heterocycles. The number of carbonyl (C=O) groups excluding carboxylic acids is 1. The molecule has 0 bridgehead atoms. The highest BCUT2D eigenvalue weighted by molar-refractivity contribution is 6.11. The van der Waals surface area contributed by atoms with Gasteiger partial charge in [-0.3, -0.25) is 10.1 Å². The number of furan rings is 1. The standard InChI is InChI=1S/C26H33NO7/c1-4-5-6-7-11-19-12-13-20(33-19)15-18(3)24(29)23-21(28)16-22(34-25(23)30)17(2)10-8-9-14-27-26(31)32/h9,12-17,27-28H,4-8,10-11H2,1-3H3,(H,31,32). The molecule has 0 aliphatic rings. The molecule has 3 N–H and O–H groups in total. The van der Waals surface area contributed by atoms with Crippen LogP contribution in [0.1, 0.15) is 92.9 Å². The summed E-state index contributed by atoms with van der Waals surface area (Å²) in [6, 6.07) is 4.94. The van der Waals surface area contributed by atoms with E-state index in [1.165, 1.54) is 18.7 Å². The van der Waals surface area contributed by atoms with Gasteiger partial charge in [0.25, 0.3) is 0 Å². The molecule has 2 heterocycles. The molecule has 0 aliphatic carbocycles. The van der Waals surface area contributed by atoms with E-state index in [0.717, 1.165) is 31.4 Å². The van der Waals surface area contributed by atoms with Gasteiger partial charge >= 0.3 is 11.7 Å². The minimum Gasteiger partial charge on any atom is -0.507 e. The highest BCUT2D eigenvalue weighted by Crippen LogP contribution is 2.26. The minimum atomic E-state index is -1.15. The molecule has 0 fully saturated rings. The predicted molar refractivity (Wildman–Crippen MR) is 129 cm³/mol. The Morgan fingerprint density at radius 3 is 2.62 bits per heavy atom. The summed E-state index contributed by atoms with van der Waals surface area (Å²) in [5.74, 6) is 0.309. The summed E-state index contributed by atoms with van der Waals surface area (Å²) < 4.78 is 11.1. The number of carbonyl (C=O) groups is 2. The van der Waals surface area contributed by atoms with Crippen LogP contribution < -0.4 is 10.9 Å². The summed E-state index contributed by atoms with van der Waals surface area (Å²) >= 11 is 0. The van der Waals surface area contributed by atoms with Gasteiger partial charge in [0.05, 0.1) is 0 Å². The van der Waals surface area contributed by atoms with Crippen LogP contribution in [0.5, 0.6) is 5.75 Å². The van der Waals surface area contributed by atoms with Gasteiger partial charge in [-0.1, -0.05) is 39.2 Å². The van der Waals surface area contributed by atoms with E-state index >= 15 is 0 Å². The second-order valence-electron chi connectivity index (χ2n) is 8.30. The third-order valence-electron chi connectivity index (χ3n) is 5.43. The summed E-state index contributed by atoms with van der Waals surface area (Å²) in [6.07, 6.45) is 9.78. The second-order valence-corrected chi connectivity index (χ2v) is 8.30. The van der Waals surface area contributed by atoms with Crippen LogP contribution in [0, 0.1) is 0 Å². The van der Waals surface area contributed by atoms with Crippen LogP contribution >= 0.6 is 0 Å². The molecule has 0 aliphatic heterocycles. The number of carboxylic acid groups (broad SMARTS) is 1. The highest BCUT2D eigenvalue weighted by Gasteiger charge is 2.22. The first-order chi connectivity index (χ1) is 16.2. The Balaban J connectivity index is 2.06. The fourth-order valence-corrected chi connectivity index (χ4v) is 3.46. The van der Waals surface area contributed by atoms with E-state index in [4.69, 9.17) is 13.9 Å². The van der Waals surface area contributed by atoms with Gasteiger partial charge in [-0.25, -0.2) is 9.59 Å². The average molecular weight is 472 g/mol. The number of hydrogen-bond donors (Lipinski definition) is 3. The lowest BCUT2D eigenvalue weighted by Gasteiger charge is -2.11. The van der Waals surface area contributed by atoms with Gasteiger partial charge in [0.1, 0.15) is 28.6 Å². The smallest absolute Gasteiger partial charge is 0.408 e. The Bertz CT molecular complexity index is 1090. The molecule has 8 nitrogen and oxygen atoms in total. The number of aromatic hydroxyl groups is 1. The van der Waals surface area contributed by atoms with Crippen molar-refractivity contribution < 1.29 is 28.6 Å². The Kier molecular flexibility index (Phi) is 10.4. The molecular formula is C26H33NO7. The van der Waals surface area contributed by atoms with E-state index in [1.54, 1.807) is 32.1 Å². The predicted octanol–water partition coefficient (Wildman–Crippen LogP) is 6.01. The molecule has 1 atom stereocenters. The number of Topliss-reactive ketones (excluding diaryl/α,β-unsaturated/α-hetero) is 1. The van der Waals surface area contributed by atoms with Gasteiger partial charge in [-0.15, -0.1) is 0 Å². The van der Waals surface area contributed by atoms with Crippen LogP contribution in [0.15, 0.2) is 49.7 Å². The first-order valence-electron chi connectivity index (χ1n) is 11.6. The number of ketones is 1. The summed E-state index contributed by atoms with van der Waals surface area (Å²) in [4.78, 5) is 35.7. The van der Waals surface area contributed by atoms with E-state index in [2.05, 4.69) is 12.2 Å². The fraction of sp³-hybridized carbons (Fsp3) is 0.423. The van der Waals surface area contributed by atoms with Crippen LogP contribution in [0.3, 0.4) is 0 Å². The number of rotatable bonds is 13. The molecule has 184 valence electrons. The molecule has 8 heteroatoms. The van der Waals surface area contributed by atoms with Crippen molar-refractivity contribution in [2.75, 3.05) is 0 Å². The fourth-order valence-electron chi connectivity index (χ4n) is 3.46. The number of amides is 1. The van der Waals surface area contributed by atoms with Crippen LogP contribution in [-0.2, 0) is 6.42 Å². The maximum Gasteiger partial charge on any atom is 0.408 e. The molecular weight excluding hydrogens is 438 g/mol. The Morgan fingerprint density at radius 1 is 1.18 bits per heavy atom. The molecule has 2 aromatic heterocycles. The first kappa shape index (κ1) is 26.7. The van der Waals surface area contributed by atoms with E-state index in [1.807, 2.05) is 6.07 Å². The van der Waals surface area contributed by atoms with Gasteiger partial charge in [-0.05, 0) is 44.4 Å². The van der Waals surface area contributed by atoms with Gasteiger partial charge < -0.3 is 19.0 Å². The van der Waals surface area contributed by atoms with E-state index in [-0.39, 0.29) is 17.3 Å². The lowest BCUT2D eigenvalue weighted by molar-refractivity contribution is 0.102. The van der Waals surface area contributed by atoms with E-state index in [0.29, 0.717) is 18.6 Å². The van der Waals surface area contributed by atoms with Gasteiger partial charge in [-0.2, -0.15) is 0 Å². The number of hydrogen-bond acceptors (Lipinski definition) is 6. The first-order valence-corrected chi connectivity index (χ1v) is 11.6. The van der Waals surface area contributed by atoms with Crippen LogP contribution in [-0.4, -0.2) is 22.1 Å². The molecule has 1 unspecified atom stereocenters. The van der Waals surface area contributed by atoms with Crippen molar-refractivity contribution in [2.24, 2.45) is 0 Å². The van der Waals surface area contributed by atoms with Crippen molar-refractivity contribution in [3.63, 3.8) is 0 Å². The number of unbranched alkanes of at least 4 members (excludes halogenated alkanes) is 3. The molecule has 0 spiro atoms. The van der Waals surface area contributed by atoms with Gasteiger partial charge in [0, 0.05) is 30.2 Å². The summed E-state index contributed by atoms with van der Waals surface area (Å²) in [7, 11) is 0. The third kappa shape index (κ3) is 8.10. The monoisotopic (exact) mass is 471 g/mol. The average Bonchev–Trinajstić information content (AvgIpc) is 3.22. The SMILES string of the molecule is CCCCCCc1ccc(C=C(C)C(=O)c2c(O)cc(C(C)CCC=CNC(=O)O)oc2=O)o1. The third-order valence-corrected chi connectivity index (χ3v) is 5.43. The zero-order valence-electron chi connectivity index (χ0n) is 19.9. The van der Waals surface area contributed by atoms with Crippen LogP contribution in [0.25, 0.3) is 6.08 Å². The molecule has 0 aromatic carbocycles. The molecule has 34 heavy (non-hydrogen) atoms. The molecule has 0 radical (unpaired) electrons. The van der Waals surface area contributed by atoms with Crippen LogP contribution in [0.2, 0.25) is 0 Å². The van der Waals surface area contributed by atoms with Crippen molar-refractivity contribution in [1.82, 2.24) is 5.32 Å².